The largest absolute Gasteiger partial charge is 0.353 e. The van der Waals surface area contributed by atoms with Crippen LogP contribution < -0.4 is 5.32 Å². The molecule has 4 heteroatoms. The van der Waals surface area contributed by atoms with Crippen molar-refractivity contribution in [2.75, 3.05) is 13.1 Å². The van der Waals surface area contributed by atoms with Crippen molar-refractivity contribution < 1.29 is 9.59 Å². The van der Waals surface area contributed by atoms with E-state index in [4.69, 9.17) is 0 Å². The van der Waals surface area contributed by atoms with E-state index in [2.05, 4.69) is 24.4 Å². The minimum atomic E-state index is -0.0411. The summed E-state index contributed by atoms with van der Waals surface area (Å²) in [5.41, 5.74) is 1.30. The third-order valence-corrected chi connectivity index (χ3v) is 5.13. The van der Waals surface area contributed by atoms with Crippen molar-refractivity contribution in [3.05, 3.63) is 35.9 Å². The summed E-state index contributed by atoms with van der Waals surface area (Å²) in [7, 11) is 0. The number of benzene rings is 1. The highest BCUT2D eigenvalue weighted by Crippen LogP contribution is 2.32. The number of likely N-dealkylation sites (tertiary alicyclic amines) is 1. The van der Waals surface area contributed by atoms with Gasteiger partial charge in [0.2, 0.25) is 11.8 Å². The van der Waals surface area contributed by atoms with E-state index in [9.17, 15) is 9.59 Å². The molecule has 1 saturated heterocycles. The molecular formula is C20H28N2O2. The monoisotopic (exact) mass is 328 g/mol. The predicted octanol–water partition coefficient (Wildman–Crippen LogP) is 2.77. The van der Waals surface area contributed by atoms with Gasteiger partial charge in [0.1, 0.15) is 0 Å². The number of carbonyl (C=O) groups excluding carboxylic acids is 2. The van der Waals surface area contributed by atoms with Crippen LogP contribution in [0.1, 0.15) is 44.6 Å². The number of rotatable bonds is 6. The van der Waals surface area contributed by atoms with E-state index in [0.717, 1.165) is 45.1 Å². The molecule has 2 fully saturated rings. The lowest BCUT2D eigenvalue weighted by atomic mass is 9.96. The molecule has 2 amide bonds. The van der Waals surface area contributed by atoms with Gasteiger partial charge < -0.3 is 10.2 Å². The van der Waals surface area contributed by atoms with Crippen LogP contribution >= 0.6 is 0 Å². The number of nitrogens with one attached hydrogen (secondary N) is 1. The Morgan fingerprint density at radius 1 is 1.17 bits per heavy atom. The second kappa shape index (κ2) is 7.82. The summed E-state index contributed by atoms with van der Waals surface area (Å²) >= 11 is 0. The molecule has 1 aromatic carbocycles. The first-order chi connectivity index (χ1) is 11.6. The zero-order valence-electron chi connectivity index (χ0n) is 14.5. The Morgan fingerprint density at radius 2 is 1.92 bits per heavy atom. The maximum atomic E-state index is 12.5. The molecule has 1 aromatic rings. The van der Waals surface area contributed by atoms with Crippen LogP contribution in [0.2, 0.25) is 0 Å². The van der Waals surface area contributed by atoms with Crippen LogP contribution in [0.15, 0.2) is 30.3 Å². The van der Waals surface area contributed by atoms with Crippen molar-refractivity contribution in [1.29, 1.82) is 0 Å². The predicted molar refractivity (Wildman–Crippen MR) is 94.4 cm³/mol. The van der Waals surface area contributed by atoms with Gasteiger partial charge in [-0.25, -0.2) is 0 Å². The van der Waals surface area contributed by atoms with Crippen LogP contribution in [-0.4, -0.2) is 35.8 Å². The molecule has 24 heavy (non-hydrogen) atoms. The molecule has 0 unspecified atom stereocenters. The number of amides is 2. The van der Waals surface area contributed by atoms with E-state index in [0.29, 0.717) is 6.54 Å². The molecule has 4 nitrogen and oxygen atoms in total. The van der Waals surface area contributed by atoms with Gasteiger partial charge in [-0.2, -0.15) is 0 Å². The van der Waals surface area contributed by atoms with Gasteiger partial charge in [-0.05, 0) is 51.0 Å². The molecule has 1 aliphatic heterocycles. The summed E-state index contributed by atoms with van der Waals surface area (Å²) in [4.78, 5) is 26.6. The van der Waals surface area contributed by atoms with Gasteiger partial charge in [0, 0.05) is 25.0 Å². The molecule has 1 saturated carbocycles. The van der Waals surface area contributed by atoms with Crippen molar-refractivity contribution in [2.24, 2.45) is 11.8 Å². The van der Waals surface area contributed by atoms with Crippen LogP contribution in [0.4, 0.5) is 0 Å². The number of aryl methyl sites for hydroxylation is 1. The van der Waals surface area contributed by atoms with Gasteiger partial charge in [0.05, 0.1) is 5.92 Å². The van der Waals surface area contributed by atoms with Crippen molar-refractivity contribution in [1.82, 2.24) is 10.2 Å². The number of hydrogen-bond donors (Lipinski definition) is 1. The Kier molecular flexibility index (Phi) is 5.54. The average molecular weight is 328 g/mol. The molecule has 3 rings (SSSR count). The summed E-state index contributed by atoms with van der Waals surface area (Å²) < 4.78 is 0. The maximum absolute atomic E-state index is 12.5. The molecule has 0 spiro atoms. The Labute approximate surface area is 144 Å². The van der Waals surface area contributed by atoms with Crippen LogP contribution in [-0.2, 0) is 16.0 Å². The minimum absolute atomic E-state index is 0.0411. The second-order valence-corrected chi connectivity index (χ2v) is 7.33. The minimum Gasteiger partial charge on any atom is -0.353 e. The molecule has 130 valence electrons. The molecule has 2 atom stereocenters. The number of nitrogens with zero attached hydrogens (tertiary/aromatic N) is 1. The summed E-state index contributed by atoms with van der Waals surface area (Å²) in [6.07, 6.45) is 5.80. The Morgan fingerprint density at radius 3 is 2.62 bits per heavy atom. The zero-order chi connectivity index (χ0) is 16.9. The third-order valence-electron chi connectivity index (χ3n) is 5.13. The van der Waals surface area contributed by atoms with E-state index < -0.39 is 0 Å². The molecule has 1 N–H and O–H groups in total. The normalized spacial score (nSPS) is 22.0. The van der Waals surface area contributed by atoms with Crippen molar-refractivity contribution in [3.8, 4) is 0 Å². The van der Waals surface area contributed by atoms with E-state index in [1.165, 1.54) is 5.56 Å². The number of piperidine rings is 1. The zero-order valence-corrected chi connectivity index (χ0v) is 14.5. The van der Waals surface area contributed by atoms with Gasteiger partial charge in [0.15, 0.2) is 0 Å². The fourth-order valence-electron chi connectivity index (χ4n) is 3.44. The summed E-state index contributed by atoms with van der Waals surface area (Å²) in [5, 5.41) is 3.15. The van der Waals surface area contributed by atoms with Gasteiger partial charge in [-0.3, -0.25) is 9.59 Å². The van der Waals surface area contributed by atoms with Gasteiger partial charge in [-0.1, -0.05) is 30.3 Å². The van der Waals surface area contributed by atoms with Crippen LogP contribution in [0, 0.1) is 11.8 Å². The summed E-state index contributed by atoms with van der Waals surface area (Å²) in [6.45, 7) is 3.49. The molecular weight excluding hydrogens is 300 g/mol. The molecule has 1 heterocycles. The number of carbonyl (C=O) groups is 2. The Hall–Kier alpha value is -1.84. The number of hydrogen-bond acceptors (Lipinski definition) is 2. The quantitative estimate of drug-likeness (QED) is 0.873. The summed E-state index contributed by atoms with van der Waals surface area (Å²) in [6, 6.07) is 10.5. The van der Waals surface area contributed by atoms with Crippen molar-refractivity contribution in [3.63, 3.8) is 0 Å². The SMILES string of the molecule is C[C@@H](CCc1ccccc1)NC(=O)[C@@H]1CCCN(C(=O)C2CC2)C1. The van der Waals surface area contributed by atoms with Crippen LogP contribution in [0.25, 0.3) is 0 Å². The first-order valence-electron chi connectivity index (χ1n) is 9.26. The highest BCUT2D eigenvalue weighted by Gasteiger charge is 2.36. The van der Waals surface area contributed by atoms with E-state index in [1.54, 1.807) is 0 Å². The van der Waals surface area contributed by atoms with Crippen molar-refractivity contribution >= 4 is 11.8 Å². The first kappa shape index (κ1) is 17.0. The van der Waals surface area contributed by atoms with Crippen LogP contribution in [0.5, 0.6) is 0 Å². The maximum Gasteiger partial charge on any atom is 0.225 e. The van der Waals surface area contributed by atoms with E-state index in [-0.39, 0.29) is 29.7 Å². The second-order valence-electron chi connectivity index (χ2n) is 7.33. The molecule has 0 radical (unpaired) electrons. The lowest BCUT2D eigenvalue weighted by molar-refractivity contribution is -0.137. The van der Waals surface area contributed by atoms with E-state index in [1.807, 2.05) is 23.1 Å². The lowest BCUT2D eigenvalue weighted by Crippen LogP contribution is -2.47. The van der Waals surface area contributed by atoms with Gasteiger partial charge >= 0.3 is 0 Å². The van der Waals surface area contributed by atoms with Crippen LogP contribution in [0.3, 0.4) is 0 Å². The first-order valence-corrected chi connectivity index (χ1v) is 9.26. The molecule has 0 bridgehead atoms. The standard InChI is InChI=1S/C20H28N2O2/c1-15(9-10-16-6-3-2-4-7-16)21-19(23)18-8-5-13-22(14-18)20(24)17-11-12-17/h2-4,6-7,15,17-18H,5,8-14H2,1H3,(H,21,23)/t15-,18+/m0/s1. The molecule has 0 aromatic heterocycles. The molecule has 1 aliphatic carbocycles. The lowest BCUT2D eigenvalue weighted by Gasteiger charge is -2.32. The fraction of sp³-hybridized carbons (Fsp3) is 0.600. The van der Waals surface area contributed by atoms with E-state index >= 15 is 0 Å². The topological polar surface area (TPSA) is 49.4 Å². The van der Waals surface area contributed by atoms with Crippen molar-refractivity contribution in [2.45, 2.75) is 51.5 Å². The Balaban J connectivity index is 1.44. The highest BCUT2D eigenvalue weighted by molar-refractivity contribution is 5.83. The molecule has 2 aliphatic rings. The third kappa shape index (κ3) is 4.59. The average Bonchev–Trinajstić information content (AvgIpc) is 3.45. The highest BCUT2D eigenvalue weighted by atomic mass is 16.2. The van der Waals surface area contributed by atoms with Gasteiger partial charge in [0.25, 0.3) is 0 Å². The van der Waals surface area contributed by atoms with Gasteiger partial charge in [-0.15, -0.1) is 0 Å². The Bertz CT molecular complexity index is 568. The fourth-order valence-corrected chi connectivity index (χ4v) is 3.44. The smallest absolute Gasteiger partial charge is 0.225 e. The summed E-state index contributed by atoms with van der Waals surface area (Å²) in [5.74, 6) is 0.589.